The standard InChI is InChI=1S/C17H22N2O5/c20-15(6-7-16(21)22)18-14(12-13-4-2-1-3-5-13)17(23)19-8-10-24-11-9-19/h1-5,14H,6-12H2,(H,18,20)(H,21,22). The minimum Gasteiger partial charge on any atom is -0.481 e. The lowest BCUT2D eigenvalue weighted by Crippen LogP contribution is -2.52. The summed E-state index contributed by atoms with van der Waals surface area (Å²) in [4.78, 5) is 36.9. The summed E-state index contributed by atoms with van der Waals surface area (Å²) in [5.74, 6) is -1.63. The number of hydrogen-bond acceptors (Lipinski definition) is 4. The molecule has 2 N–H and O–H groups in total. The fraction of sp³-hybridized carbons (Fsp3) is 0.471. The van der Waals surface area contributed by atoms with Gasteiger partial charge in [0.15, 0.2) is 0 Å². The molecule has 0 aromatic heterocycles. The highest BCUT2D eigenvalue weighted by Gasteiger charge is 2.27. The molecule has 0 radical (unpaired) electrons. The third-order valence-electron chi connectivity index (χ3n) is 3.80. The van der Waals surface area contributed by atoms with Crippen LogP contribution in [0.1, 0.15) is 18.4 Å². The molecule has 1 aromatic carbocycles. The number of benzene rings is 1. The molecule has 0 aliphatic carbocycles. The van der Waals surface area contributed by atoms with Crippen LogP contribution in [-0.2, 0) is 25.5 Å². The van der Waals surface area contributed by atoms with Gasteiger partial charge >= 0.3 is 5.97 Å². The van der Waals surface area contributed by atoms with Crippen LogP contribution in [0.3, 0.4) is 0 Å². The van der Waals surface area contributed by atoms with E-state index in [-0.39, 0.29) is 18.7 Å². The van der Waals surface area contributed by atoms with Crippen molar-refractivity contribution in [1.29, 1.82) is 0 Å². The summed E-state index contributed by atoms with van der Waals surface area (Å²) in [6, 6.07) is 8.71. The van der Waals surface area contributed by atoms with Crippen LogP contribution in [0.2, 0.25) is 0 Å². The Kier molecular flexibility index (Phi) is 6.74. The maximum Gasteiger partial charge on any atom is 0.303 e. The van der Waals surface area contributed by atoms with Gasteiger partial charge in [0.05, 0.1) is 19.6 Å². The second-order valence-corrected chi connectivity index (χ2v) is 5.64. The summed E-state index contributed by atoms with van der Waals surface area (Å²) in [6.07, 6.45) is -0.0253. The van der Waals surface area contributed by atoms with Crippen LogP contribution in [-0.4, -0.2) is 60.1 Å². The van der Waals surface area contributed by atoms with E-state index < -0.39 is 17.9 Å². The smallest absolute Gasteiger partial charge is 0.303 e. The van der Waals surface area contributed by atoms with Crippen molar-refractivity contribution in [1.82, 2.24) is 10.2 Å². The molecule has 0 spiro atoms. The molecule has 1 saturated heterocycles. The van der Waals surface area contributed by atoms with E-state index in [1.165, 1.54) is 0 Å². The lowest BCUT2D eigenvalue weighted by molar-refractivity contribution is -0.140. The number of carbonyl (C=O) groups is 3. The largest absolute Gasteiger partial charge is 0.481 e. The Balaban J connectivity index is 2.03. The summed E-state index contributed by atoms with van der Waals surface area (Å²) in [5, 5.41) is 11.4. The van der Waals surface area contributed by atoms with Crippen LogP contribution in [0.15, 0.2) is 30.3 Å². The molecule has 0 saturated carbocycles. The van der Waals surface area contributed by atoms with Crippen molar-refractivity contribution < 1.29 is 24.2 Å². The molecule has 1 unspecified atom stereocenters. The van der Waals surface area contributed by atoms with E-state index in [4.69, 9.17) is 9.84 Å². The average molecular weight is 334 g/mol. The van der Waals surface area contributed by atoms with E-state index >= 15 is 0 Å². The molecule has 2 rings (SSSR count). The number of aliphatic carboxylic acids is 1. The molecule has 1 aromatic rings. The zero-order valence-corrected chi connectivity index (χ0v) is 13.4. The van der Waals surface area contributed by atoms with Gasteiger partial charge in [-0.1, -0.05) is 30.3 Å². The highest BCUT2D eigenvalue weighted by molar-refractivity contribution is 5.89. The molecule has 7 heteroatoms. The molecule has 130 valence electrons. The van der Waals surface area contributed by atoms with Crippen LogP contribution in [0, 0.1) is 0 Å². The van der Waals surface area contributed by atoms with Gasteiger partial charge in [-0.25, -0.2) is 0 Å². The van der Waals surface area contributed by atoms with E-state index in [1.807, 2.05) is 30.3 Å². The lowest BCUT2D eigenvalue weighted by Gasteiger charge is -2.30. The number of amides is 2. The van der Waals surface area contributed by atoms with Crippen LogP contribution in [0.4, 0.5) is 0 Å². The number of rotatable bonds is 7. The number of morpholine rings is 1. The third-order valence-corrected chi connectivity index (χ3v) is 3.80. The minimum atomic E-state index is -1.04. The zero-order valence-electron chi connectivity index (χ0n) is 13.4. The lowest BCUT2D eigenvalue weighted by atomic mass is 10.0. The molecule has 7 nitrogen and oxygen atoms in total. The fourth-order valence-electron chi connectivity index (χ4n) is 2.54. The Morgan fingerprint density at radius 1 is 1.12 bits per heavy atom. The maximum atomic E-state index is 12.7. The molecular formula is C17H22N2O5. The number of carboxylic acids is 1. The second kappa shape index (κ2) is 9.02. The maximum absolute atomic E-state index is 12.7. The Hall–Kier alpha value is -2.41. The van der Waals surface area contributed by atoms with Gasteiger partial charge in [0.1, 0.15) is 6.04 Å². The quantitative estimate of drug-likeness (QED) is 0.754. The second-order valence-electron chi connectivity index (χ2n) is 5.64. The number of nitrogens with one attached hydrogen (secondary N) is 1. The Labute approximate surface area is 140 Å². The number of nitrogens with zero attached hydrogens (tertiary/aromatic N) is 1. The van der Waals surface area contributed by atoms with Gasteiger partial charge in [-0.2, -0.15) is 0 Å². The third kappa shape index (κ3) is 5.66. The van der Waals surface area contributed by atoms with Crippen LogP contribution >= 0.6 is 0 Å². The first kappa shape index (κ1) is 17.9. The summed E-state index contributed by atoms with van der Waals surface area (Å²) in [6.45, 7) is 1.96. The van der Waals surface area contributed by atoms with Gasteiger partial charge in [-0.05, 0) is 5.56 Å². The van der Waals surface area contributed by atoms with Crippen molar-refractivity contribution >= 4 is 17.8 Å². The molecule has 1 fully saturated rings. The van der Waals surface area contributed by atoms with Crippen molar-refractivity contribution in [3.63, 3.8) is 0 Å². The first-order chi connectivity index (χ1) is 11.6. The van der Waals surface area contributed by atoms with E-state index in [2.05, 4.69) is 5.32 Å². The zero-order chi connectivity index (χ0) is 17.4. The van der Waals surface area contributed by atoms with Crippen LogP contribution < -0.4 is 5.32 Å². The Bertz CT molecular complexity index is 570. The summed E-state index contributed by atoms with van der Waals surface area (Å²) < 4.78 is 5.25. The molecular weight excluding hydrogens is 312 g/mol. The predicted octanol–water partition coefficient (Wildman–Crippen LogP) is 0.437. The molecule has 1 aliphatic heterocycles. The van der Waals surface area contributed by atoms with Crippen molar-refractivity contribution in [2.75, 3.05) is 26.3 Å². The number of ether oxygens (including phenoxy) is 1. The van der Waals surface area contributed by atoms with Gasteiger partial charge in [0, 0.05) is 25.9 Å². The summed E-state index contributed by atoms with van der Waals surface area (Å²) in [5.41, 5.74) is 0.933. The summed E-state index contributed by atoms with van der Waals surface area (Å²) in [7, 11) is 0. The van der Waals surface area contributed by atoms with Crippen molar-refractivity contribution in [3.8, 4) is 0 Å². The van der Waals surface area contributed by atoms with Gasteiger partial charge in [0.25, 0.3) is 0 Å². The number of carboxylic acid groups (broad SMARTS) is 1. The number of hydrogen-bond donors (Lipinski definition) is 2. The van der Waals surface area contributed by atoms with Crippen LogP contribution in [0.25, 0.3) is 0 Å². The Morgan fingerprint density at radius 2 is 1.79 bits per heavy atom. The fourth-order valence-corrected chi connectivity index (χ4v) is 2.54. The first-order valence-electron chi connectivity index (χ1n) is 7.98. The van der Waals surface area contributed by atoms with Crippen LogP contribution in [0.5, 0.6) is 0 Å². The predicted molar refractivity (Wildman–Crippen MR) is 86.3 cm³/mol. The van der Waals surface area contributed by atoms with Gasteiger partial charge < -0.3 is 20.1 Å². The molecule has 0 bridgehead atoms. The van der Waals surface area contributed by atoms with Crippen molar-refractivity contribution in [3.05, 3.63) is 35.9 Å². The molecule has 24 heavy (non-hydrogen) atoms. The highest BCUT2D eigenvalue weighted by Crippen LogP contribution is 2.08. The molecule has 1 atom stereocenters. The highest BCUT2D eigenvalue weighted by atomic mass is 16.5. The SMILES string of the molecule is O=C(O)CCC(=O)NC(Cc1ccccc1)C(=O)N1CCOCC1. The minimum absolute atomic E-state index is 0.142. The van der Waals surface area contributed by atoms with E-state index in [9.17, 15) is 14.4 Å². The topological polar surface area (TPSA) is 95.9 Å². The van der Waals surface area contributed by atoms with Crippen molar-refractivity contribution in [2.45, 2.75) is 25.3 Å². The molecule has 2 amide bonds. The van der Waals surface area contributed by atoms with Gasteiger partial charge in [0.2, 0.25) is 11.8 Å². The summed E-state index contributed by atoms with van der Waals surface area (Å²) >= 11 is 0. The monoisotopic (exact) mass is 334 g/mol. The molecule has 1 aliphatic rings. The van der Waals surface area contributed by atoms with E-state index in [0.29, 0.717) is 32.7 Å². The van der Waals surface area contributed by atoms with Crippen molar-refractivity contribution in [2.24, 2.45) is 0 Å². The normalized spacial score (nSPS) is 15.6. The molecule has 1 heterocycles. The van der Waals surface area contributed by atoms with E-state index in [0.717, 1.165) is 5.56 Å². The average Bonchev–Trinajstić information content (AvgIpc) is 2.60. The first-order valence-corrected chi connectivity index (χ1v) is 7.98. The van der Waals surface area contributed by atoms with Gasteiger partial charge in [-0.3, -0.25) is 14.4 Å². The Morgan fingerprint density at radius 3 is 2.42 bits per heavy atom. The van der Waals surface area contributed by atoms with Gasteiger partial charge in [-0.15, -0.1) is 0 Å². The van der Waals surface area contributed by atoms with E-state index in [1.54, 1.807) is 4.90 Å². The number of carbonyl (C=O) groups excluding carboxylic acids is 2.